The molecule has 0 fully saturated rings. The quantitative estimate of drug-likeness (QED) is 0.906. The van der Waals surface area contributed by atoms with Crippen LogP contribution in [0.5, 0.6) is 0 Å². The molecule has 1 N–H and O–H groups in total. The van der Waals surface area contributed by atoms with Gasteiger partial charge in [0, 0.05) is 19.3 Å². The Morgan fingerprint density at radius 3 is 2.60 bits per heavy atom. The van der Waals surface area contributed by atoms with Crippen LogP contribution in [0.15, 0.2) is 10.7 Å². The molecule has 0 bridgehead atoms. The van der Waals surface area contributed by atoms with E-state index in [9.17, 15) is 4.79 Å². The summed E-state index contributed by atoms with van der Waals surface area (Å²) < 4.78 is 0.394. The monoisotopic (exact) mass is 273 g/mol. The van der Waals surface area contributed by atoms with Crippen molar-refractivity contribution in [2.24, 2.45) is 0 Å². The zero-order valence-electron chi connectivity index (χ0n) is 8.57. The van der Waals surface area contributed by atoms with Gasteiger partial charge in [-0.2, -0.15) is 0 Å². The molecular formula is C9H12BrN3O2. The van der Waals surface area contributed by atoms with Crippen molar-refractivity contribution in [2.45, 2.75) is 13.8 Å². The van der Waals surface area contributed by atoms with Crippen molar-refractivity contribution in [1.29, 1.82) is 0 Å². The Kier molecular flexibility index (Phi) is 4.02. The van der Waals surface area contributed by atoms with Gasteiger partial charge in [-0.3, -0.25) is 0 Å². The highest BCUT2D eigenvalue weighted by molar-refractivity contribution is 9.10. The lowest BCUT2D eigenvalue weighted by Crippen LogP contribution is -2.25. The molecule has 1 aromatic heterocycles. The van der Waals surface area contributed by atoms with Crippen molar-refractivity contribution in [3.63, 3.8) is 0 Å². The first-order chi connectivity index (χ1) is 7.10. The average Bonchev–Trinajstić information content (AvgIpc) is 2.21. The predicted molar refractivity (Wildman–Crippen MR) is 60.3 cm³/mol. The second-order valence-electron chi connectivity index (χ2n) is 2.84. The van der Waals surface area contributed by atoms with Crippen LogP contribution in [0.3, 0.4) is 0 Å². The fourth-order valence-corrected chi connectivity index (χ4v) is 1.53. The van der Waals surface area contributed by atoms with Crippen LogP contribution < -0.4 is 4.90 Å². The summed E-state index contributed by atoms with van der Waals surface area (Å²) in [6, 6.07) is 0. The zero-order valence-corrected chi connectivity index (χ0v) is 10.2. The lowest BCUT2D eigenvalue weighted by Gasteiger charge is -2.18. The van der Waals surface area contributed by atoms with Crippen LogP contribution in [0.2, 0.25) is 0 Å². The van der Waals surface area contributed by atoms with Crippen molar-refractivity contribution >= 4 is 27.8 Å². The van der Waals surface area contributed by atoms with Gasteiger partial charge in [0.2, 0.25) is 5.95 Å². The maximum absolute atomic E-state index is 10.8. The number of anilines is 1. The Bertz CT molecular complexity index is 366. The Balaban J connectivity index is 3.11. The summed E-state index contributed by atoms with van der Waals surface area (Å²) in [7, 11) is 0. The van der Waals surface area contributed by atoms with E-state index in [0.717, 1.165) is 13.1 Å². The molecule has 0 saturated carbocycles. The first-order valence-electron chi connectivity index (χ1n) is 4.60. The molecule has 0 aliphatic rings. The van der Waals surface area contributed by atoms with Crippen LogP contribution in [0.25, 0.3) is 0 Å². The molecule has 0 atom stereocenters. The highest BCUT2D eigenvalue weighted by Crippen LogP contribution is 2.16. The van der Waals surface area contributed by atoms with E-state index >= 15 is 0 Å². The third-order valence-corrected chi connectivity index (χ3v) is 2.56. The number of aromatic carboxylic acids is 1. The van der Waals surface area contributed by atoms with Gasteiger partial charge in [-0.15, -0.1) is 0 Å². The first-order valence-corrected chi connectivity index (χ1v) is 5.40. The Morgan fingerprint density at radius 2 is 2.13 bits per heavy atom. The molecule has 0 aromatic carbocycles. The normalized spacial score (nSPS) is 10.1. The summed E-state index contributed by atoms with van der Waals surface area (Å²) in [6.07, 6.45) is 1.46. The van der Waals surface area contributed by atoms with E-state index in [-0.39, 0.29) is 5.69 Å². The Morgan fingerprint density at radius 1 is 1.53 bits per heavy atom. The summed E-state index contributed by atoms with van der Waals surface area (Å²) in [6.45, 7) is 5.43. The summed E-state index contributed by atoms with van der Waals surface area (Å²) in [5, 5.41) is 8.88. The number of aromatic nitrogens is 2. The van der Waals surface area contributed by atoms with Gasteiger partial charge in [0.15, 0.2) is 5.69 Å². The van der Waals surface area contributed by atoms with E-state index in [4.69, 9.17) is 5.11 Å². The highest BCUT2D eigenvalue weighted by Gasteiger charge is 2.14. The Hall–Kier alpha value is -1.17. The Labute approximate surface area is 96.3 Å². The van der Waals surface area contributed by atoms with Gasteiger partial charge in [0.25, 0.3) is 0 Å². The van der Waals surface area contributed by atoms with E-state index in [1.54, 1.807) is 0 Å². The van der Waals surface area contributed by atoms with Gasteiger partial charge in [-0.1, -0.05) is 0 Å². The van der Waals surface area contributed by atoms with E-state index < -0.39 is 5.97 Å². The molecule has 0 saturated heterocycles. The fraction of sp³-hybridized carbons (Fsp3) is 0.444. The maximum atomic E-state index is 10.8. The van der Waals surface area contributed by atoms with Gasteiger partial charge < -0.3 is 10.0 Å². The molecular weight excluding hydrogens is 262 g/mol. The summed E-state index contributed by atoms with van der Waals surface area (Å²) in [5.41, 5.74) is -0.00750. The summed E-state index contributed by atoms with van der Waals surface area (Å²) in [5.74, 6) is -0.613. The van der Waals surface area contributed by atoms with Gasteiger partial charge >= 0.3 is 5.97 Å². The SMILES string of the molecule is CCN(CC)c1ncc(Br)c(C(=O)O)n1. The topological polar surface area (TPSA) is 66.3 Å². The molecule has 0 radical (unpaired) electrons. The van der Waals surface area contributed by atoms with E-state index in [0.29, 0.717) is 10.4 Å². The number of carboxylic acids is 1. The van der Waals surface area contributed by atoms with Crippen LogP contribution in [0.4, 0.5) is 5.95 Å². The minimum absolute atomic E-state index is 0.00750. The van der Waals surface area contributed by atoms with Crippen molar-refractivity contribution in [3.05, 3.63) is 16.4 Å². The van der Waals surface area contributed by atoms with Gasteiger partial charge in [-0.05, 0) is 29.8 Å². The average molecular weight is 274 g/mol. The number of rotatable bonds is 4. The number of halogens is 1. The van der Waals surface area contributed by atoms with Crippen molar-refractivity contribution in [2.75, 3.05) is 18.0 Å². The number of hydrogen-bond donors (Lipinski definition) is 1. The van der Waals surface area contributed by atoms with Gasteiger partial charge in [0.1, 0.15) is 0 Å². The molecule has 1 rings (SSSR count). The molecule has 0 amide bonds. The summed E-state index contributed by atoms with van der Waals surface area (Å²) in [4.78, 5) is 20.8. The van der Waals surface area contributed by atoms with Gasteiger partial charge in [0.05, 0.1) is 4.47 Å². The third-order valence-electron chi connectivity index (χ3n) is 1.98. The molecule has 1 aromatic rings. The molecule has 0 spiro atoms. The lowest BCUT2D eigenvalue weighted by atomic mass is 10.4. The highest BCUT2D eigenvalue weighted by atomic mass is 79.9. The first kappa shape index (κ1) is 11.9. The second kappa shape index (κ2) is 5.06. The fourth-order valence-electron chi connectivity index (χ4n) is 1.17. The van der Waals surface area contributed by atoms with Crippen LogP contribution >= 0.6 is 15.9 Å². The maximum Gasteiger partial charge on any atom is 0.355 e. The van der Waals surface area contributed by atoms with Crippen LogP contribution in [0, 0.1) is 0 Å². The third kappa shape index (κ3) is 2.65. The van der Waals surface area contributed by atoms with E-state index in [2.05, 4.69) is 25.9 Å². The molecule has 15 heavy (non-hydrogen) atoms. The smallest absolute Gasteiger partial charge is 0.355 e. The van der Waals surface area contributed by atoms with Crippen molar-refractivity contribution < 1.29 is 9.90 Å². The minimum atomic E-state index is -1.06. The minimum Gasteiger partial charge on any atom is -0.476 e. The van der Waals surface area contributed by atoms with Crippen LogP contribution in [-0.2, 0) is 0 Å². The zero-order chi connectivity index (χ0) is 11.4. The van der Waals surface area contributed by atoms with Crippen LogP contribution in [0.1, 0.15) is 24.3 Å². The second-order valence-corrected chi connectivity index (χ2v) is 3.70. The number of carboxylic acid groups (broad SMARTS) is 1. The van der Waals surface area contributed by atoms with Gasteiger partial charge in [-0.25, -0.2) is 14.8 Å². The lowest BCUT2D eigenvalue weighted by molar-refractivity contribution is 0.0689. The number of hydrogen-bond acceptors (Lipinski definition) is 4. The molecule has 0 aliphatic heterocycles. The van der Waals surface area contributed by atoms with Crippen LogP contribution in [-0.4, -0.2) is 34.1 Å². The standard InChI is InChI=1S/C9H12BrN3O2/c1-3-13(4-2)9-11-5-6(10)7(12-9)8(14)15/h5H,3-4H2,1-2H3,(H,14,15). The predicted octanol–water partition coefficient (Wildman–Crippen LogP) is 1.78. The number of carbonyl (C=O) groups is 1. The molecule has 82 valence electrons. The molecule has 0 unspecified atom stereocenters. The van der Waals surface area contributed by atoms with Crippen molar-refractivity contribution in [1.82, 2.24) is 9.97 Å². The van der Waals surface area contributed by atoms with E-state index in [1.165, 1.54) is 6.20 Å². The molecule has 5 nitrogen and oxygen atoms in total. The molecule has 0 aliphatic carbocycles. The van der Waals surface area contributed by atoms with E-state index in [1.807, 2.05) is 18.7 Å². The molecule has 6 heteroatoms. The molecule has 1 heterocycles. The largest absolute Gasteiger partial charge is 0.476 e. The number of nitrogens with zero attached hydrogens (tertiary/aromatic N) is 3. The summed E-state index contributed by atoms with van der Waals surface area (Å²) >= 11 is 3.10. The van der Waals surface area contributed by atoms with Crippen molar-refractivity contribution in [3.8, 4) is 0 Å².